The van der Waals surface area contributed by atoms with Crippen LogP contribution in [0.4, 0.5) is 0 Å². The van der Waals surface area contributed by atoms with Crippen molar-refractivity contribution in [1.82, 2.24) is 0 Å². The molecule has 1 unspecified atom stereocenters. The van der Waals surface area contributed by atoms with Crippen LogP contribution in [-0.2, 0) is 7.87 Å². The van der Waals surface area contributed by atoms with Crippen LogP contribution in [0.2, 0.25) is 8.87 Å². The Kier molecular flexibility index (Phi) is 21.2. The molecule has 0 fully saturated rings. The number of carbonyl (C=O) groups excluding carboxylic acids is 1. The Morgan fingerprint density at radius 2 is 1.11 bits per heavy atom. The Balaban J connectivity index is 4.28. The van der Waals surface area contributed by atoms with Crippen molar-refractivity contribution in [2.24, 2.45) is 5.92 Å². The molecule has 0 amide bonds. The summed E-state index contributed by atoms with van der Waals surface area (Å²) in [6.07, 6.45) is 20.5. The zero-order valence-corrected chi connectivity index (χ0v) is 22.5. The van der Waals surface area contributed by atoms with Crippen molar-refractivity contribution in [2.45, 2.75) is 139 Å². The predicted octanol–water partition coefficient (Wildman–Crippen LogP) is 8.19. The molecule has 0 aliphatic rings. The first-order valence-electron chi connectivity index (χ1n) is 12.4. The molecule has 3 heteroatoms. The van der Waals surface area contributed by atoms with Gasteiger partial charge >= 0.3 is 179 Å². The molecular weight excluding hydrogens is 439 g/mol. The summed E-state index contributed by atoms with van der Waals surface area (Å²) in [5, 5.41) is 0. The molecule has 162 valence electrons. The van der Waals surface area contributed by atoms with Crippen LogP contribution in [0, 0.1) is 5.92 Å². The molecule has 0 spiro atoms. The maximum absolute atomic E-state index is 12.7. The number of carbonyl (C=O) groups is 1. The summed E-state index contributed by atoms with van der Waals surface area (Å²) in [5.41, 5.74) is 0. The fourth-order valence-electron chi connectivity index (χ4n) is 3.77. The van der Waals surface area contributed by atoms with Crippen molar-refractivity contribution in [2.75, 3.05) is 0 Å². The number of hydrogen-bond acceptors (Lipinski definition) is 2. The van der Waals surface area contributed by atoms with Crippen molar-refractivity contribution in [3.63, 3.8) is 0 Å². The summed E-state index contributed by atoms with van der Waals surface area (Å²) in [7, 11) is 0. The van der Waals surface area contributed by atoms with Gasteiger partial charge in [0.15, 0.2) is 0 Å². The third kappa shape index (κ3) is 16.9. The summed E-state index contributed by atoms with van der Waals surface area (Å²) in [6.45, 7) is 8.90. The molecule has 0 rings (SSSR count). The van der Waals surface area contributed by atoms with Gasteiger partial charge in [-0.1, -0.05) is 0 Å². The zero-order chi connectivity index (χ0) is 20.2. The van der Waals surface area contributed by atoms with Gasteiger partial charge in [-0.3, -0.25) is 0 Å². The Labute approximate surface area is 178 Å². The molecule has 0 aromatic carbocycles. The van der Waals surface area contributed by atoms with E-state index in [-0.39, 0.29) is 11.9 Å². The van der Waals surface area contributed by atoms with E-state index in [1.54, 1.807) is 0 Å². The molecule has 0 aliphatic carbocycles. The Hall–Kier alpha value is 0.269. The van der Waals surface area contributed by atoms with Crippen molar-refractivity contribution >= 4 is 26.1 Å². The average Bonchev–Trinajstić information content (AvgIpc) is 2.67. The average molecular weight is 489 g/mol. The Bertz CT molecular complexity index is 304. The SMILES string of the molecule is CCCCCCC[CH2][SnH]([CH2]CCCCCCC)[O]C(=O)C(CC)CCCC. The minimum atomic E-state index is -2.14. The maximum atomic E-state index is 12.7. The summed E-state index contributed by atoms with van der Waals surface area (Å²) < 4.78 is 8.78. The van der Waals surface area contributed by atoms with Crippen LogP contribution in [0.3, 0.4) is 0 Å². The number of hydrogen-bond donors (Lipinski definition) is 0. The van der Waals surface area contributed by atoms with Crippen LogP contribution >= 0.6 is 0 Å². The van der Waals surface area contributed by atoms with E-state index in [2.05, 4.69) is 27.7 Å². The molecule has 2 nitrogen and oxygen atoms in total. The number of rotatable bonds is 20. The van der Waals surface area contributed by atoms with Crippen LogP contribution < -0.4 is 0 Å². The van der Waals surface area contributed by atoms with E-state index in [0.29, 0.717) is 0 Å². The summed E-state index contributed by atoms with van der Waals surface area (Å²) >= 11 is -2.14. The third-order valence-corrected chi connectivity index (χ3v) is 13.4. The van der Waals surface area contributed by atoms with Gasteiger partial charge in [-0.05, 0) is 0 Å². The molecule has 0 heterocycles. The molecule has 0 N–H and O–H groups in total. The summed E-state index contributed by atoms with van der Waals surface area (Å²) in [6, 6.07) is 0. The molecule has 0 aliphatic heterocycles. The van der Waals surface area contributed by atoms with Gasteiger partial charge in [0.2, 0.25) is 0 Å². The van der Waals surface area contributed by atoms with E-state index in [9.17, 15) is 4.79 Å². The number of unbranched alkanes of at least 4 members (excludes halogenated alkanes) is 11. The van der Waals surface area contributed by atoms with E-state index in [0.717, 1.165) is 19.3 Å². The first kappa shape index (κ1) is 27.3. The van der Waals surface area contributed by atoms with Crippen molar-refractivity contribution in [3.05, 3.63) is 0 Å². The van der Waals surface area contributed by atoms with Crippen LogP contribution in [-0.4, -0.2) is 26.1 Å². The second-order valence-electron chi connectivity index (χ2n) is 8.42. The first-order valence-corrected chi connectivity index (χ1v) is 18.4. The second-order valence-corrected chi connectivity index (χ2v) is 15.9. The Morgan fingerprint density at radius 3 is 1.56 bits per heavy atom. The van der Waals surface area contributed by atoms with Crippen molar-refractivity contribution < 1.29 is 7.87 Å². The van der Waals surface area contributed by atoms with Gasteiger partial charge in [0.25, 0.3) is 0 Å². The molecule has 0 aromatic rings. The topological polar surface area (TPSA) is 26.3 Å². The zero-order valence-electron chi connectivity index (χ0n) is 19.2. The Morgan fingerprint density at radius 1 is 0.667 bits per heavy atom. The summed E-state index contributed by atoms with van der Waals surface area (Å²) in [5.74, 6) is 0.335. The minimum absolute atomic E-state index is 0.165. The van der Waals surface area contributed by atoms with Crippen LogP contribution in [0.1, 0.15) is 130 Å². The molecule has 27 heavy (non-hydrogen) atoms. The van der Waals surface area contributed by atoms with E-state index >= 15 is 0 Å². The van der Waals surface area contributed by atoms with Crippen LogP contribution in [0.15, 0.2) is 0 Å². The quantitative estimate of drug-likeness (QED) is 0.127. The van der Waals surface area contributed by atoms with E-state index in [1.165, 1.54) is 92.3 Å². The van der Waals surface area contributed by atoms with E-state index in [1.807, 2.05) is 0 Å². The van der Waals surface area contributed by atoms with Crippen molar-refractivity contribution in [1.29, 1.82) is 0 Å². The van der Waals surface area contributed by atoms with Gasteiger partial charge in [-0.2, -0.15) is 0 Å². The third-order valence-electron chi connectivity index (χ3n) is 5.77. The predicted molar refractivity (Wildman–Crippen MR) is 123 cm³/mol. The first-order chi connectivity index (χ1) is 13.2. The molecule has 0 radical (unpaired) electrons. The normalized spacial score (nSPS) is 12.5. The van der Waals surface area contributed by atoms with E-state index < -0.39 is 20.2 Å². The molecule has 0 bridgehead atoms. The summed E-state index contributed by atoms with van der Waals surface area (Å²) in [4.78, 5) is 12.7. The van der Waals surface area contributed by atoms with Gasteiger partial charge in [-0.25, -0.2) is 0 Å². The molecular formula is C24H50O2Sn. The van der Waals surface area contributed by atoms with Crippen molar-refractivity contribution in [3.8, 4) is 0 Å². The monoisotopic (exact) mass is 490 g/mol. The molecule has 0 aromatic heterocycles. The van der Waals surface area contributed by atoms with Gasteiger partial charge in [-0.15, -0.1) is 0 Å². The fraction of sp³-hybridized carbons (Fsp3) is 0.958. The van der Waals surface area contributed by atoms with Gasteiger partial charge in [0.1, 0.15) is 0 Å². The van der Waals surface area contributed by atoms with Crippen LogP contribution in [0.25, 0.3) is 0 Å². The van der Waals surface area contributed by atoms with Gasteiger partial charge in [0.05, 0.1) is 0 Å². The standard InChI is InChI=1S/C8H16O2.2C8H17.Sn.H/c1-3-5-6-7(4-2)8(9)10;2*1-3-5-7-8-6-4-2;;/h7H,3-6H2,1-2H3,(H,9,10);2*1,3-8H2,2H3;;/q;;;+1;/p-1. The van der Waals surface area contributed by atoms with Crippen LogP contribution in [0.5, 0.6) is 0 Å². The fourth-order valence-corrected chi connectivity index (χ4v) is 11.0. The molecule has 1 atom stereocenters. The second kappa shape index (κ2) is 21.0. The molecule has 0 saturated carbocycles. The van der Waals surface area contributed by atoms with Gasteiger partial charge < -0.3 is 0 Å². The molecule has 0 saturated heterocycles. The van der Waals surface area contributed by atoms with E-state index in [4.69, 9.17) is 3.07 Å². The van der Waals surface area contributed by atoms with Gasteiger partial charge in [0, 0.05) is 0 Å².